The summed E-state index contributed by atoms with van der Waals surface area (Å²) in [7, 11) is 0. The lowest BCUT2D eigenvalue weighted by Gasteiger charge is -2.16. The van der Waals surface area contributed by atoms with Gasteiger partial charge < -0.3 is 9.13 Å². The molecule has 6 aromatic carbocycles. The Balaban J connectivity index is 1.17. The van der Waals surface area contributed by atoms with Gasteiger partial charge in [0.1, 0.15) is 0 Å². The van der Waals surface area contributed by atoms with Gasteiger partial charge in [-0.1, -0.05) is 61.9 Å². The first kappa shape index (κ1) is 31.1. The van der Waals surface area contributed by atoms with Crippen LogP contribution < -0.4 is 0 Å². The Morgan fingerprint density at radius 2 is 1.21 bits per heavy atom. The fourth-order valence-electron chi connectivity index (χ4n) is 8.36. The van der Waals surface area contributed by atoms with Crippen LogP contribution in [0.25, 0.3) is 66.3 Å². The van der Waals surface area contributed by atoms with Crippen LogP contribution in [0, 0.1) is 39.9 Å². The predicted molar refractivity (Wildman–Crippen MR) is 208 cm³/mol. The number of hydrogen-bond donors (Lipinski definition) is 0. The molecule has 0 saturated carbocycles. The minimum Gasteiger partial charge on any atom is -0.313 e. The lowest BCUT2D eigenvalue weighted by Crippen LogP contribution is -2.01. The molecule has 0 N–H and O–H groups in total. The second kappa shape index (κ2) is 12.5. The quantitative estimate of drug-likeness (QED) is 0.175. The summed E-state index contributed by atoms with van der Waals surface area (Å²) in [5.41, 5.74) is 13.9. The first-order chi connectivity index (χ1) is 25.5. The SMILES string of the molecule is CC1CCCc2c(c3cc(C#N)ccc3n2-c2ccc(-c3cc(C#N)cc(-c4ccccc4-n4c5ccccc5c5cc(C#N)ccc54)c3)cc2)C1. The van der Waals surface area contributed by atoms with Gasteiger partial charge in [0.25, 0.3) is 0 Å². The number of fused-ring (bicyclic) bond motifs is 6. The van der Waals surface area contributed by atoms with E-state index < -0.39 is 0 Å². The van der Waals surface area contributed by atoms with Gasteiger partial charge in [-0.3, -0.25) is 0 Å². The molecule has 8 aromatic rings. The molecule has 0 fully saturated rings. The Labute approximate surface area is 302 Å². The third-order valence-electron chi connectivity index (χ3n) is 10.8. The smallest absolute Gasteiger partial charge is 0.0992 e. The molecule has 0 amide bonds. The molecule has 1 aliphatic rings. The molecule has 0 aliphatic heterocycles. The third kappa shape index (κ3) is 5.05. The highest BCUT2D eigenvalue weighted by Crippen LogP contribution is 2.39. The van der Waals surface area contributed by atoms with Gasteiger partial charge in [-0.25, -0.2) is 0 Å². The van der Waals surface area contributed by atoms with E-state index in [9.17, 15) is 15.8 Å². The van der Waals surface area contributed by atoms with Gasteiger partial charge >= 0.3 is 0 Å². The summed E-state index contributed by atoms with van der Waals surface area (Å²) >= 11 is 0. The van der Waals surface area contributed by atoms with E-state index >= 15 is 0 Å². The van der Waals surface area contributed by atoms with Crippen LogP contribution >= 0.6 is 0 Å². The maximum Gasteiger partial charge on any atom is 0.0992 e. The zero-order valence-corrected chi connectivity index (χ0v) is 28.8. The van der Waals surface area contributed by atoms with E-state index in [0.29, 0.717) is 22.6 Å². The summed E-state index contributed by atoms with van der Waals surface area (Å²) in [6.07, 6.45) is 4.38. The normalized spacial score (nSPS) is 14.1. The molecule has 2 heterocycles. The standard InChI is InChI=1S/C47H33N5/c1-30-7-6-12-45-40(21-30)42-25-32(28-49)13-19-46(42)51(45)37-17-15-34(16-18-37)35-22-33(29-50)23-36(26-35)38-8-2-4-10-43(38)52-44-11-5-3-9-39(44)41-24-31(27-48)14-20-47(41)52/h2-5,8-11,13-20,22-26,30H,6-7,12,21H2,1H3. The Kier molecular flexibility index (Phi) is 7.47. The van der Waals surface area contributed by atoms with Crippen molar-refractivity contribution in [3.63, 3.8) is 0 Å². The van der Waals surface area contributed by atoms with E-state index in [1.54, 1.807) is 0 Å². The lowest BCUT2D eigenvalue weighted by atomic mass is 9.95. The van der Waals surface area contributed by atoms with E-state index in [1.807, 2.05) is 60.7 Å². The number of nitriles is 3. The molecule has 1 atom stereocenters. The van der Waals surface area contributed by atoms with Gasteiger partial charge in [0.05, 0.1) is 57.1 Å². The summed E-state index contributed by atoms with van der Waals surface area (Å²) in [6, 6.07) is 50.4. The Morgan fingerprint density at radius 3 is 1.98 bits per heavy atom. The van der Waals surface area contributed by atoms with E-state index in [0.717, 1.165) is 80.2 Å². The number of benzene rings is 6. The summed E-state index contributed by atoms with van der Waals surface area (Å²) in [5.74, 6) is 0.603. The monoisotopic (exact) mass is 667 g/mol. The second-order valence-electron chi connectivity index (χ2n) is 14.0. The van der Waals surface area contributed by atoms with Crippen LogP contribution in [-0.4, -0.2) is 9.13 Å². The summed E-state index contributed by atoms with van der Waals surface area (Å²) in [4.78, 5) is 0. The molecular weight excluding hydrogens is 635 g/mol. The largest absolute Gasteiger partial charge is 0.313 e. The molecule has 2 aromatic heterocycles. The lowest BCUT2D eigenvalue weighted by molar-refractivity contribution is 0.527. The van der Waals surface area contributed by atoms with Crippen molar-refractivity contribution >= 4 is 32.7 Å². The van der Waals surface area contributed by atoms with Crippen LogP contribution in [0.4, 0.5) is 0 Å². The van der Waals surface area contributed by atoms with Crippen molar-refractivity contribution in [1.82, 2.24) is 9.13 Å². The molecule has 9 rings (SSSR count). The fourth-order valence-corrected chi connectivity index (χ4v) is 8.36. The van der Waals surface area contributed by atoms with Crippen LogP contribution in [0.3, 0.4) is 0 Å². The van der Waals surface area contributed by atoms with Crippen molar-refractivity contribution < 1.29 is 0 Å². The number of aromatic nitrogens is 2. The van der Waals surface area contributed by atoms with Gasteiger partial charge in [0.15, 0.2) is 0 Å². The molecule has 52 heavy (non-hydrogen) atoms. The highest BCUT2D eigenvalue weighted by atomic mass is 15.0. The average molecular weight is 668 g/mol. The zero-order valence-electron chi connectivity index (χ0n) is 28.8. The molecule has 5 nitrogen and oxygen atoms in total. The van der Waals surface area contributed by atoms with Crippen molar-refractivity contribution in [1.29, 1.82) is 15.8 Å². The van der Waals surface area contributed by atoms with Crippen LogP contribution in [0.2, 0.25) is 0 Å². The molecule has 0 saturated heterocycles. The van der Waals surface area contributed by atoms with E-state index in [4.69, 9.17) is 0 Å². The van der Waals surface area contributed by atoms with Crippen molar-refractivity contribution in [2.75, 3.05) is 0 Å². The minimum atomic E-state index is 0.594. The molecule has 1 aliphatic carbocycles. The van der Waals surface area contributed by atoms with Crippen molar-refractivity contribution in [3.05, 3.63) is 155 Å². The minimum absolute atomic E-state index is 0.594. The van der Waals surface area contributed by atoms with Gasteiger partial charge in [0.2, 0.25) is 0 Å². The van der Waals surface area contributed by atoms with Crippen molar-refractivity contribution in [2.24, 2.45) is 5.92 Å². The van der Waals surface area contributed by atoms with Gasteiger partial charge in [0, 0.05) is 33.1 Å². The number of para-hydroxylation sites is 2. The maximum atomic E-state index is 10.2. The Bertz CT molecular complexity index is 2850. The van der Waals surface area contributed by atoms with Gasteiger partial charge in [-0.05, 0) is 126 Å². The third-order valence-corrected chi connectivity index (χ3v) is 10.8. The zero-order chi connectivity index (χ0) is 35.3. The first-order valence-electron chi connectivity index (χ1n) is 17.8. The molecule has 0 bridgehead atoms. The molecule has 0 spiro atoms. The summed E-state index contributed by atoms with van der Waals surface area (Å²) < 4.78 is 4.66. The number of hydrogen-bond acceptors (Lipinski definition) is 3. The molecular formula is C47H33N5. The summed E-state index contributed by atoms with van der Waals surface area (Å²) in [5, 5.41) is 32.9. The molecule has 0 radical (unpaired) electrons. The van der Waals surface area contributed by atoms with Crippen LogP contribution in [-0.2, 0) is 12.8 Å². The molecule has 1 unspecified atom stereocenters. The van der Waals surface area contributed by atoms with E-state index in [-0.39, 0.29) is 0 Å². The van der Waals surface area contributed by atoms with E-state index in [2.05, 4.69) is 101 Å². The molecule has 246 valence electrons. The van der Waals surface area contributed by atoms with Crippen molar-refractivity contribution in [2.45, 2.75) is 32.6 Å². The second-order valence-corrected chi connectivity index (χ2v) is 14.0. The topological polar surface area (TPSA) is 81.2 Å². The van der Waals surface area contributed by atoms with Crippen molar-refractivity contribution in [3.8, 4) is 51.8 Å². The first-order valence-corrected chi connectivity index (χ1v) is 17.8. The summed E-state index contributed by atoms with van der Waals surface area (Å²) in [6.45, 7) is 2.33. The van der Waals surface area contributed by atoms with Crippen LogP contribution in [0.5, 0.6) is 0 Å². The maximum absolute atomic E-state index is 10.2. The fraction of sp³-hybridized carbons (Fsp3) is 0.128. The van der Waals surface area contributed by atoms with Crippen LogP contribution in [0.1, 0.15) is 47.7 Å². The van der Waals surface area contributed by atoms with Gasteiger partial charge in [-0.15, -0.1) is 0 Å². The van der Waals surface area contributed by atoms with Crippen LogP contribution in [0.15, 0.2) is 127 Å². The Morgan fingerprint density at radius 1 is 0.558 bits per heavy atom. The highest BCUT2D eigenvalue weighted by Gasteiger charge is 2.23. The average Bonchev–Trinajstić information content (AvgIpc) is 3.60. The van der Waals surface area contributed by atoms with Gasteiger partial charge in [-0.2, -0.15) is 15.8 Å². The highest BCUT2D eigenvalue weighted by molar-refractivity contribution is 6.10. The predicted octanol–water partition coefficient (Wildman–Crippen LogP) is 11.2. The molecule has 5 heteroatoms. The van der Waals surface area contributed by atoms with E-state index in [1.165, 1.54) is 23.1 Å². The Hall–Kier alpha value is -6.87. The number of nitrogens with zero attached hydrogens (tertiary/aromatic N) is 5. The number of rotatable bonds is 4.